The molecule has 0 radical (unpaired) electrons. The first kappa shape index (κ1) is 11.0. The van der Waals surface area contributed by atoms with Crippen molar-refractivity contribution >= 4 is 5.57 Å². The largest absolute Gasteiger partial charge is 0.301 e. The molecule has 1 aromatic heterocycles. The Bertz CT molecular complexity index is 584. The summed E-state index contributed by atoms with van der Waals surface area (Å²) in [5.41, 5.74) is 2.17. The van der Waals surface area contributed by atoms with Gasteiger partial charge in [-0.05, 0) is 17.2 Å². The van der Waals surface area contributed by atoms with Gasteiger partial charge in [0.1, 0.15) is 0 Å². The lowest BCUT2D eigenvalue weighted by Gasteiger charge is -2.25. The molecule has 0 saturated carbocycles. The van der Waals surface area contributed by atoms with E-state index < -0.39 is 5.79 Å². The van der Waals surface area contributed by atoms with Gasteiger partial charge in [0.2, 0.25) is 5.79 Å². The van der Waals surface area contributed by atoms with Gasteiger partial charge in [-0.3, -0.25) is 0 Å². The highest BCUT2D eigenvalue weighted by Gasteiger charge is 2.29. The van der Waals surface area contributed by atoms with Gasteiger partial charge in [0.25, 0.3) is 0 Å². The summed E-state index contributed by atoms with van der Waals surface area (Å²) in [6.45, 7) is 0. The zero-order chi connectivity index (χ0) is 12.4. The maximum absolute atomic E-state index is 14.6. The van der Waals surface area contributed by atoms with E-state index >= 15 is 0 Å². The molecule has 2 nitrogen and oxygen atoms in total. The van der Waals surface area contributed by atoms with Gasteiger partial charge < -0.3 is 4.57 Å². The van der Waals surface area contributed by atoms with Crippen LogP contribution in [0.2, 0.25) is 0 Å². The number of nitrogens with zero attached hydrogens (tertiary/aromatic N) is 2. The van der Waals surface area contributed by atoms with Crippen LogP contribution in [0.5, 0.6) is 0 Å². The molecule has 0 amide bonds. The number of hydrogen-bond donors (Lipinski definition) is 0. The molecule has 0 spiro atoms. The van der Waals surface area contributed by atoms with Gasteiger partial charge in [0.05, 0.1) is 6.33 Å². The molecule has 0 N–H and O–H groups in total. The fourth-order valence-corrected chi connectivity index (χ4v) is 2.12. The lowest BCUT2D eigenvalue weighted by molar-refractivity contribution is 0.135. The van der Waals surface area contributed by atoms with Crippen molar-refractivity contribution in [1.29, 1.82) is 0 Å². The van der Waals surface area contributed by atoms with E-state index in [9.17, 15) is 4.39 Å². The fourth-order valence-electron chi connectivity index (χ4n) is 2.12. The smallest absolute Gasteiger partial charge is 0.210 e. The Kier molecular flexibility index (Phi) is 2.59. The monoisotopic (exact) mass is 240 g/mol. The molecule has 1 aliphatic rings. The number of halogens is 1. The third kappa shape index (κ3) is 1.88. The van der Waals surface area contributed by atoms with E-state index in [-0.39, 0.29) is 0 Å². The molecule has 1 aliphatic carbocycles. The highest BCUT2D eigenvalue weighted by Crippen LogP contribution is 2.33. The van der Waals surface area contributed by atoms with Crippen molar-refractivity contribution in [3.8, 4) is 0 Å². The molecule has 0 fully saturated rings. The number of alkyl halides is 1. The van der Waals surface area contributed by atoms with E-state index in [1.807, 2.05) is 42.5 Å². The standard InChI is InChI=1S/C15H13FN2/c16-15(18-11-10-17-12-18)8-6-14(7-9-15)13-4-2-1-3-5-13/h1-8,10-12H,9H2. The van der Waals surface area contributed by atoms with E-state index in [0.29, 0.717) is 6.42 Å². The molecule has 1 unspecified atom stereocenters. The minimum atomic E-state index is -1.49. The lowest BCUT2D eigenvalue weighted by Crippen LogP contribution is -2.25. The maximum Gasteiger partial charge on any atom is 0.210 e. The molecule has 2 aromatic rings. The summed E-state index contributed by atoms with van der Waals surface area (Å²) in [5.74, 6) is -1.49. The number of benzene rings is 1. The molecule has 1 heterocycles. The molecule has 1 atom stereocenters. The molecule has 3 rings (SSSR count). The van der Waals surface area contributed by atoms with E-state index in [4.69, 9.17) is 0 Å². The van der Waals surface area contributed by atoms with E-state index in [2.05, 4.69) is 4.98 Å². The van der Waals surface area contributed by atoms with Gasteiger partial charge in [0, 0.05) is 18.8 Å². The Balaban J connectivity index is 1.87. The van der Waals surface area contributed by atoms with Crippen LogP contribution in [-0.2, 0) is 5.79 Å². The number of allylic oxidation sites excluding steroid dienone is 4. The highest BCUT2D eigenvalue weighted by molar-refractivity contribution is 5.75. The van der Waals surface area contributed by atoms with Gasteiger partial charge in [-0.25, -0.2) is 9.37 Å². The van der Waals surface area contributed by atoms with Crippen LogP contribution in [-0.4, -0.2) is 9.55 Å². The average molecular weight is 240 g/mol. The van der Waals surface area contributed by atoms with Crippen LogP contribution in [0.1, 0.15) is 12.0 Å². The third-order valence-electron chi connectivity index (χ3n) is 3.17. The normalized spacial score (nSPS) is 22.8. The predicted octanol–water partition coefficient (Wildman–Crippen LogP) is 3.55. The van der Waals surface area contributed by atoms with Crippen LogP contribution in [0.15, 0.2) is 67.3 Å². The summed E-state index contributed by atoms with van der Waals surface area (Å²) < 4.78 is 16.1. The first-order chi connectivity index (χ1) is 8.78. The first-order valence-electron chi connectivity index (χ1n) is 5.90. The second kappa shape index (κ2) is 4.26. The molecule has 18 heavy (non-hydrogen) atoms. The summed E-state index contributed by atoms with van der Waals surface area (Å²) in [6, 6.07) is 9.99. The Morgan fingerprint density at radius 1 is 1.22 bits per heavy atom. The SMILES string of the molecule is FC1(n2ccnc2)C=CC(c2ccccc2)=CC1. The zero-order valence-electron chi connectivity index (χ0n) is 9.83. The second-order valence-corrected chi connectivity index (χ2v) is 4.35. The van der Waals surface area contributed by atoms with Gasteiger partial charge >= 0.3 is 0 Å². The van der Waals surface area contributed by atoms with Crippen molar-refractivity contribution in [2.45, 2.75) is 12.2 Å². The minimum absolute atomic E-state index is 0.323. The Labute approximate surface area is 105 Å². The number of imidazole rings is 1. The van der Waals surface area contributed by atoms with Crippen LogP contribution in [0, 0.1) is 0 Å². The van der Waals surface area contributed by atoms with E-state index in [1.54, 1.807) is 18.5 Å². The molecule has 0 aliphatic heterocycles. The summed E-state index contributed by atoms with van der Waals surface area (Å²) in [5, 5.41) is 0. The summed E-state index contributed by atoms with van der Waals surface area (Å²) in [6.07, 6.45) is 10.4. The number of hydrogen-bond acceptors (Lipinski definition) is 1. The number of aromatic nitrogens is 2. The van der Waals surface area contributed by atoms with E-state index in [1.165, 1.54) is 10.9 Å². The predicted molar refractivity (Wildman–Crippen MR) is 69.5 cm³/mol. The molecular formula is C15H13FN2. The molecule has 90 valence electrons. The Morgan fingerprint density at radius 3 is 2.67 bits per heavy atom. The van der Waals surface area contributed by atoms with Crippen molar-refractivity contribution in [2.24, 2.45) is 0 Å². The van der Waals surface area contributed by atoms with Crippen LogP contribution in [0.3, 0.4) is 0 Å². The Hall–Kier alpha value is -2.16. The molecule has 0 bridgehead atoms. The minimum Gasteiger partial charge on any atom is -0.301 e. The summed E-state index contributed by atoms with van der Waals surface area (Å²) >= 11 is 0. The van der Waals surface area contributed by atoms with Crippen molar-refractivity contribution in [3.05, 3.63) is 72.8 Å². The van der Waals surface area contributed by atoms with Gasteiger partial charge in [0.15, 0.2) is 0 Å². The van der Waals surface area contributed by atoms with Crippen LogP contribution >= 0.6 is 0 Å². The lowest BCUT2D eigenvalue weighted by atomic mass is 9.96. The van der Waals surface area contributed by atoms with Crippen molar-refractivity contribution in [2.75, 3.05) is 0 Å². The topological polar surface area (TPSA) is 17.8 Å². The third-order valence-corrected chi connectivity index (χ3v) is 3.17. The number of rotatable bonds is 2. The molecular weight excluding hydrogens is 227 g/mol. The fraction of sp³-hybridized carbons (Fsp3) is 0.133. The van der Waals surface area contributed by atoms with Crippen molar-refractivity contribution in [3.63, 3.8) is 0 Å². The Morgan fingerprint density at radius 2 is 2.06 bits per heavy atom. The van der Waals surface area contributed by atoms with Crippen molar-refractivity contribution < 1.29 is 4.39 Å². The summed E-state index contributed by atoms with van der Waals surface area (Å²) in [4.78, 5) is 3.89. The van der Waals surface area contributed by atoms with Crippen LogP contribution < -0.4 is 0 Å². The van der Waals surface area contributed by atoms with Gasteiger partial charge in [-0.2, -0.15) is 0 Å². The van der Waals surface area contributed by atoms with Crippen LogP contribution in [0.4, 0.5) is 4.39 Å². The second-order valence-electron chi connectivity index (χ2n) is 4.35. The average Bonchev–Trinajstić information content (AvgIpc) is 2.95. The molecule has 1 aromatic carbocycles. The highest BCUT2D eigenvalue weighted by atomic mass is 19.1. The molecule has 0 saturated heterocycles. The van der Waals surface area contributed by atoms with Crippen LogP contribution in [0.25, 0.3) is 5.57 Å². The van der Waals surface area contributed by atoms with Gasteiger partial charge in [-0.15, -0.1) is 0 Å². The van der Waals surface area contributed by atoms with Gasteiger partial charge in [-0.1, -0.05) is 42.5 Å². The summed E-state index contributed by atoms with van der Waals surface area (Å²) in [7, 11) is 0. The maximum atomic E-state index is 14.6. The van der Waals surface area contributed by atoms with E-state index in [0.717, 1.165) is 11.1 Å². The quantitative estimate of drug-likeness (QED) is 0.785. The molecule has 3 heteroatoms. The first-order valence-corrected chi connectivity index (χ1v) is 5.90. The zero-order valence-corrected chi connectivity index (χ0v) is 9.83. The van der Waals surface area contributed by atoms with Crippen molar-refractivity contribution in [1.82, 2.24) is 9.55 Å².